The van der Waals surface area contributed by atoms with E-state index >= 15 is 0 Å². The van der Waals surface area contributed by atoms with Crippen LogP contribution in [0.1, 0.15) is 28.5 Å². The second kappa shape index (κ2) is 35.1. The molecule has 5 heterocycles. The third-order valence-corrected chi connectivity index (χ3v) is 13.2. The molecule has 14 nitrogen and oxygen atoms in total. The Morgan fingerprint density at radius 3 is 0.860 bits per heavy atom. The summed E-state index contributed by atoms with van der Waals surface area (Å²) in [5, 5.41) is 65.3. The van der Waals surface area contributed by atoms with E-state index in [1.54, 1.807) is 91.5 Å². The third kappa shape index (κ3) is 21.2. The lowest BCUT2D eigenvalue weighted by molar-refractivity contribution is 0.411. The van der Waals surface area contributed by atoms with Crippen LogP contribution in [0.25, 0.3) is 44.5 Å². The molecule has 0 aliphatic carbocycles. The predicted octanol–water partition coefficient (Wildman–Crippen LogP) is 16.7. The Balaban J connectivity index is 0.000000191. The van der Waals surface area contributed by atoms with Crippen molar-refractivity contribution in [2.75, 3.05) is 14.2 Å². The van der Waals surface area contributed by atoms with E-state index in [2.05, 4.69) is 24.9 Å². The molecule has 0 unspecified atom stereocenters. The number of ether oxygens (including phenoxy) is 2. The zero-order valence-corrected chi connectivity index (χ0v) is 51.3. The maximum atomic E-state index is 8.84. The molecule has 0 fully saturated rings. The first-order valence-corrected chi connectivity index (χ1v) is 27.6. The molecule has 24 heteroatoms. The minimum atomic E-state index is -1.43. The highest BCUT2D eigenvalue weighted by atomic mass is 35.5. The molecular formula is C62H38BCl9N10O4. The summed E-state index contributed by atoms with van der Waals surface area (Å²) in [5.41, 5.74) is 8.75. The van der Waals surface area contributed by atoms with Gasteiger partial charge < -0.3 is 19.5 Å². The summed E-state index contributed by atoms with van der Waals surface area (Å²) in [6.45, 7) is 0. The van der Waals surface area contributed by atoms with Crippen molar-refractivity contribution in [3.8, 4) is 86.4 Å². The van der Waals surface area contributed by atoms with Gasteiger partial charge in [-0.15, -0.1) is 0 Å². The van der Waals surface area contributed by atoms with E-state index in [0.29, 0.717) is 57.1 Å². The molecule has 426 valence electrons. The van der Waals surface area contributed by atoms with Crippen molar-refractivity contribution in [1.29, 1.82) is 26.3 Å². The van der Waals surface area contributed by atoms with E-state index in [0.717, 1.165) is 44.5 Å². The van der Waals surface area contributed by atoms with E-state index in [-0.39, 0.29) is 33.5 Å². The second-order valence-electron chi connectivity index (χ2n) is 16.7. The molecule has 2 N–H and O–H groups in total. The van der Waals surface area contributed by atoms with Gasteiger partial charge in [0, 0.05) is 78.4 Å². The average Bonchev–Trinajstić information content (AvgIpc) is 3.67. The first-order chi connectivity index (χ1) is 41.3. The number of aromatic nitrogens is 5. The number of halogens is 9. The SMILES string of the molecule is COc1cc(-c2cccc(Cl)c2)cnc1C#N.COc1cc(-c2cccc(Cl)c2)cnc1C#N.N#Cc1ncc(-c2cccc(Cl)c2)cc1Cl.N#Cc1ncc(-c2cccc(Cl)c2)cc1Cl.N#Cc1ncc(Cl)cc1Cl.OB(O)c1cccc(Cl)c1. The Kier molecular flexibility index (Phi) is 27.8. The number of hydrogen-bond donors (Lipinski definition) is 2. The number of nitrogens with zero attached hydrogens (tertiary/aromatic N) is 10. The average molecular weight is 1320 g/mol. The standard InChI is InChI=1S/2C13H9ClN2O.2C12H6Cl2N2.C6H6BClO2.C6H2Cl2N2/c2*1-17-13-6-10(8-16-12(13)7-15)9-3-2-4-11(14)5-9;2*13-10-3-1-2-8(4-10)9-5-11(14)12(6-15)16-7-9;8-6-3-1-2-5(4-6)7(9)10;7-4-1-5(8)6(2-9)10-3-4/h2*2-6,8H,1H3;2*1-5,7H;1-4,9-10H;1,3H. The maximum Gasteiger partial charge on any atom is 0.488 e. The summed E-state index contributed by atoms with van der Waals surface area (Å²) in [7, 11) is 1.60. The minimum Gasteiger partial charge on any atom is -0.494 e. The smallest absolute Gasteiger partial charge is 0.488 e. The monoisotopic (exact) mass is 1310 g/mol. The van der Waals surface area contributed by atoms with Crippen LogP contribution in [0.5, 0.6) is 11.5 Å². The van der Waals surface area contributed by atoms with Crippen LogP contribution in [0.15, 0.2) is 183 Å². The van der Waals surface area contributed by atoms with Gasteiger partial charge in [-0.3, -0.25) is 0 Å². The van der Waals surface area contributed by atoms with Gasteiger partial charge in [-0.2, -0.15) is 26.3 Å². The van der Waals surface area contributed by atoms with E-state index < -0.39 is 7.12 Å². The van der Waals surface area contributed by atoms with Crippen LogP contribution in [0.4, 0.5) is 0 Å². The van der Waals surface area contributed by atoms with E-state index in [4.69, 9.17) is 150 Å². The second-order valence-corrected chi connectivity index (χ2v) is 20.5. The molecule has 10 aromatic rings. The Bertz CT molecular complexity index is 4000. The van der Waals surface area contributed by atoms with Gasteiger partial charge in [0.2, 0.25) is 0 Å². The number of benzene rings is 5. The lowest BCUT2D eigenvalue weighted by Crippen LogP contribution is -2.29. The van der Waals surface area contributed by atoms with Crippen molar-refractivity contribution in [2.24, 2.45) is 0 Å². The highest BCUT2D eigenvalue weighted by Crippen LogP contribution is 2.30. The zero-order chi connectivity index (χ0) is 62.7. The summed E-state index contributed by atoms with van der Waals surface area (Å²) >= 11 is 52.1. The van der Waals surface area contributed by atoms with Gasteiger partial charge in [0.05, 0.1) is 34.3 Å². The molecule has 0 saturated heterocycles. The molecule has 0 bridgehead atoms. The molecule has 10 rings (SSSR count). The largest absolute Gasteiger partial charge is 0.494 e. The van der Waals surface area contributed by atoms with Crippen LogP contribution in [-0.4, -0.2) is 56.3 Å². The van der Waals surface area contributed by atoms with Crippen LogP contribution < -0.4 is 14.9 Å². The highest BCUT2D eigenvalue weighted by molar-refractivity contribution is 6.59. The van der Waals surface area contributed by atoms with Gasteiger partial charge in [0.1, 0.15) is 30.3 Å². The fraction of sp³-hybridized carbons (Fsp3) is 0.0323. The van der Waals surface area contributed by atoms with Gasteiger partial charge in [0.15, 0.2) is 40.0 Å². The van der Waals surface area contributed by atoms with E-state index in [1.165, 1.54) is 32.5 Å². The Labute approximate surface area is 540 Å². The molecule has 5 aromatic heterocycles. The van der Waals surface area contributed by atoms with Crippen molar-refractivity contribution in [3.05, 3.63) is 256 Å². The van der Waals surface area contributed by atoms with Gasteiger partial charge >= 0.3 is 7.12 Å². The Hall–Kier alpha value is -8.51. The van der Waals surface area contributed by atoms with Crippen molar-refractivity contribution in [3.63, 3.8) is 0 Å². The first kappa shape index (κ1) is 68.3. The topological polar surface area (TPSA) is 242 Å². The lowest BCUT2D eigenvalue weighted by atomic mass is 9.81. The molecule has 0 radical (unpaired) electrons. The summed E-state index contributed by atoms with van der Waals surface area (Å²) in [6.07, 6.45) is 7.86. The number of methoxy groups -OCH3 is 2. The molecule has 0 amide bonds. The molecule has 0 aliphatic heterocycles. The molecule has 86 heavy (non-hydrogen) atoms. The quantitative estimate of drug-likeness (QED) is 0.141. The van der Waals surface area contributed by atoms with Crippen molar-refractivity contribution in [2.45, 2.75) is 0 Å². The molecule has 0 saturated carbocycles. The number of nitriles is 5. The maximum absolute atomic E-state index is 8.84. The fourth-order valence-electron chi connectivity index (χ4n) is 6.88. The van der Waals surface area contributed by atoms with Gasteiger partial charge in [-0.05, 0) is 119 Å². The van der Waals surface area contributed by atoms with Crippen LogP contribution in [0, 0.1) is 56.7 Å². The van der Waals surface area contributed by atoms with Crippen LogP contribution in [0.3, 0.4) is 0 Å². The first-order valence-electron chi connectivity index (χ1n) is 24.2. The van der Waals surface area contributed by atoms with Crippen molar-refractivity contribution < 1.29 is 19.5 Å². The number of pyridine rings is 5. The molecule has 0 spiro atoms. The zero-order valence-electron chi connectivity index (χ0n) is 44.5. The van der Waals surface area contributed by atoms with Crippen LogP contribution in [0.2, 0.25) is 45.2 Å². The highest BCUT2D eigenvalue weighted by Gasteiger charge is 2.12. The van der Waals surface area contributed by atoms with E-state index in [1.807, 2.05) is 103 Å². The summed E-state index contributed by atoms with van der Waals surface area (Å²) in [5.74, 6) is 0.926. The Morgan fingerprint density at radius 2 is 0.605 bits per heavy atom. The Morgan fingerprint density at radius 1 is 0.326 bits per heavy atom. The van der Waals surface area contributed by atoms with Gasteiger partial charge in [-0.25, -0.2) is 24.9 Å². The van der Waals surface area contributed by atoms with Gasteiger partial charge in [0.25, 0.3) is 0 Å². The van der Waals surface area contributed by atoms with Crippen LogP contribution in [-0.2, 0) is 0 Å². The summed E-state index contributed by atoms with van der Waals surface area (Å²) in [4.78, 5) is 19.7. The molecule has 0 aliphatic rings. The van der Waals surface area contributed by atoms with Gasteiger partial charge in [-0.1, -0.05) is 165 Å². The summed E-state index contributed by atoms with van der Waals surface area (Å²) in [6, 6.07) is 54.1. The third-order valence-electron chi connectivity index (χ3n) is 10.9. The molecule has 5 aromatic carbocycles. The lowest BCUT2D eigenvalue weighted by Gasteiger charge is -2.06. The van der Waals surface area contributed by atoms with E-state index in [9.17, 15) is 0 Å². The van der Waals surface area contributed by atoms with Crippen LogP contribution >= 0.6 is 104 Å². The minimum absolute atomic E-state index is 0.200. The number of hydrogen-bond acceptors (Lipinski definition) is 14. The molecular weight excluding hydrogens is 1280 g/mol. The number of rotatable bonds is 7. The van der Waals surface area contributed by atoms with Crippen molar-refractivity contribution in [1.82, 2.24) is 24.9 Å². The predicted molar refractivity (Wildman–Crippen MR) is 341 cm³/mol. The van der Waals surface area contributed by atoms with Crippen molar-refractivity contribution >= 4 is 117 Å². The summed E-state index contributed by atoms with van der Waals surface area (Å²) < 4.78 is 10.2. The normalized spacial score (nSPS) is 9.63. The molecule has 0 atom stereocenters. The fourth-order valence-corrected chi connectivity index (χ4v) is 8.68.